The number of methoxy groups -OCH3 is 1. The molecule has 1 saturated carbocycles. The number of phenolic OH excluding ortho intramolecular Hbond substituents is 1. The van der Waals surface area contributed by atoms with Crippen LogP contribution < -0.4 is 4.74 Å². The third kappa shape index (κ3) is 3.18. The maximum Gasteiger partial charge on any atom is 0.254 e. The van der Waals surface area contributed by atoms with Gasteiger partial charge in [0.2, 0.25) is 11.8 Å². The molecule has 190 valence electrons. The first-order valence-electron chi connectivity index (χ1n) is 11.4. The number of alkyl halides is 3. The van der Waals surface area contributed by atoms with Gasteiger partial charge < -0.3 is 9.84 Å². The van der Waals surface area contributed by atoms with E-state index in [0.29, 0.717) is 12.0 Å². The number of carbonyl (C=O) groups excluding carboxylic acids is 4. The fraction of sp³-hybridized carbons (Fsp3) is 0.440. The van der Waals surface area contributed by atoms with Gasteiger partial charge in [-0.25, -0.2) is 0 Å². The highest BCUT2D eigenvalue weighted by Crippen LogP contribution is 2.63. The summed E-state index contributed by atoms with van der Waals surface area (Å²) in [5.74, 6) is -4.16. The molecule has 2 heterocycles. The molecule has 2 aliphatic heterocycles. The lowest BCUT2D eigenvalue weighted by Gasteiger charge is -2.49. The number of ether oxygens (including phenoxy) is 1. The predicted octanol–water partition coefficient (Wildman–Crippen LogP) is 3.29. The van der Waals surface area contributed by atoms with Gasteiger partial charge in [0.1, 0.15) is 0 Å². The molecule has 0 unspecified atom stereocenters. The van der Waals surface area contributed by atoms with Crippen molar-refractivity contribution in [2.24, 2.45) is 23.7 Å². The number of benzene rings is 1. The molecule has 8 nitrogen and oxygen atoms in total. The zero-order chi connectivity index (χ0) is 26.2. The van der Waals surface area contributed by atoms with Gasteiger partial charge in [-0.05, 0) is 36.5 Å². The van der Waals surface area contributed by atoms with Crippen molar-refractivity contribution in [3.8, 4) is 11.5 Å². The van der Waals surface area contributed by atoms with Crippen molar-refractivity contribution in [3.05, 3.63) is 41.5 Å². The lowest BCUT2D eigenvalue weighted by molar-refractivity contribution is -0.140. The maximum atomic E-state index is 13.6. The number of hydrogen-bond acceptors (Lipinski definition) is 6. The average Bonchev–Trinajstić information content (AvgIpc) is 3.17. The number of hydrogen-bond donors (Lipinski definition) is 1. The molecular weight excluding hydrogens is 575 g/mol. The Labute approximate surface area is 226 Å². The highest BCUT2D eigenvalue weighted by molar-refractivity contribution is 9.09. The van der Waals surface area contributed by atoms with Crippen molar-refractivity contribution in [2.75, 3.05) is 19.6 Å². The summed E-state index contributed by atoms with van der Waals surface area (Å²) in [6, 6.07) is 4.76. The molecule has 1 aromatic carbocycles. The van der Waals surface area contributed by atoms with Gasteiger partial charge in [-0.1, -0.05) is 45.8 Å². The van der Waals surface area contributed by atoms with Crippen LogP contribution in [0.4, 0.5) is 0 Å². The molecule has 4 aliphatic rings. The number of nitrogens with zero attached hydrogens (tertiary/aromatic N) is 2. The number of amides is 4. The molecule has 2 aliphatic carbocycles. The minimum absolute atomic E-state index is 0.0277. The van der Waals surface area contributed by atoms with E-state index in [1.54, 1.807) is 24.3 Å². The molecule has 0 spiro atoms. The number of aromatic hydroxyl groups is 1. The van der Waals surface area contributed by atoms with E-state index in [1.807, 2.05) is 6.08 Å². The number of phenols is 1. The van der Waals surface area contributed by atoms with E-state index in [0.717, 1.165) is 15.4 Å². The van der Waals surface area contributed by atoms with Crippen LogP contribution in [0, 0.1) is 23.7 Å². The summed E-state index contributed by atoms with van der Waals surface area (Å²) >= 11 is 17.3. The van der Waals surface area contributed by atoms with Crippen molar-refractivity contribution >= 4 is 68.8 Å². The molecule has 0 radical (unpaired) electrons. The van der Waals surface area contributed by atoms with E-state index in [2.05, 4.69) is 15.9 Å². The van der Waals surface area contributed by atoms with Crippen LogP contribution in [0.25, 0.3) is 6.08 Å². The Morgan fingerprint density at radius 2 is 1.89 bits per heavy atom. The zero-order valence-electron chi connectivity index (χ0n) is 19.4. The second kappa shape index (κ2) is 8.60. The van der Waals surface area contributed by atoms with Crippen molar-refractivity contribution in [3.63, 3.8) is 0 Å². The third-order valence-corrected chi connectivity index (χ3v) is 9.91. The van der Waals surface area contributed by atoms with E-state index >= 15 is 0 Å². The van der Waals surface area contributed by atoms with Gasteiger partial charge >= 0.3 is 0 Å². The Balaban J connectivity index is 1.66. The highest BCUT2D eigenvalue weighted by Gasteiger charge is 2.75. The van der Waals surface area contributed by atoms with Gasteiger partial charge in [-0.3, -0.25) is 29.0 Å². The fourth-order valence-electron chi connectivity index (χ4n) is 6.16. The number of allylic oxidation sites excluding steroid dienone is 3. The number of likely N-dealkylation sites (tertiary alicyclic amines) is 2. The summed E-state index contributed by atoms with van der Waals surface area (Å²) in [5.41, 5.74) is 1.30. The van der Waals surface area contributed by atoms with Crippen molar-refractivity contribution in [2.45, 2.75) is 22.6 Å². The van der Waals surface area contributed by atoms with E-state index < -0.39 is 45.2 Å². The molecular formula is C25H23BrCl2N2O6. The summed E-state index contributed by atoms with van der Waals surface area (Å²) < 4.78 is 5.18. The zero-order valence-corrected chi connectivity index (χ0v) is 22.5. The van der Waals surface area contributed by atoms with E-state index in [-0.39, 0.29) is 35.2 Å². The normalized spacial score (nSPS) is 35.8. The maximum absolute atomic E-state index is 13.6. The number of fused-ring (bicyclic) bond motifs is 4. The molecule has 0 bridgehead atoms. The van der Waals surface area contributed by atoms with E-state index in [1.165, 1.54) is 20.2 Å². The summed E-state index contributed by atoms with van der Waals surface area (Å²) in [7, 11) is 2.89. The number of carbonyl (C=O) groups is 4. The Morgan fingerprint density at radius 1 is 1.17 bits per heavy atom. The first kappa shape index (κ1) is 25.3. The van der Waals surface area contributed by atoms with E-state index in [4.69, 9.17) is 27.9 Å². The smallest absolute Gasteiger partial charge is 0.254 e. The minimum Gasteiger partial charge on any atom is -0.504 e. The molecule has 3 fully saturated rings. The van der Waals surface area contributed by atoms with Crippen molar-refractivity contribution in [1.29, 1.82) is 0 Å². The first-order valence-corrected chi connectivity index (χ1v) is 13.3. The van der Waals surface area contributed by atoms with Crippen LogP contribution in [0.5, 0.6) is 11.5 Å². The molecule has 2 saturated heterocycles. The van der Waals surface area contributed by atoms with Crippen LogP contribution in [0.15, 0.2) is 35.9 Å². The molecule has 4 amide bonds. The second-order valence-electron chi connectivity index (χ2n) is 9.56. The van der Waals surface area contributed by atoms with Gasteiger partial charge in [-0.2, -0.15) is 0 Å². The summed E-state index contributed by atoms with van der Waals surface area (Å²) in [5, 5.41) is 9.93. The van der Waals surface area contributed by atoms with Crippen LogP contribution in [-0.4, -0.2) is 67.9 Å². The summed E-state index contributed by atoms with van der Waals surface area (Å²) in [6.45, 7) is 0. The molecule has 36 heavy (non-hydrogen) atoms. The first-order chi connectivity index (χ1) is 17.0. The minimum atomic E-state index is -1.83. The predicted molar refractivity (Wildman–Crippen MR) is 136 cm³/mol. The largest absolute Gasteiger partial charge is 0.504 e. The topological polar surface area (TPSA) is 104 Å². The van der Waals surface area contributed by atoms with Gasteiger partial charge in [-0.15, -0.1) is 23.2 Å². The fourth-order valence-corrected chi connectivity index (χ4v) is 7.54. The van der Waals surface area contributed by atoms with Crippen molar-refractivity contribution < 1.29 is 29.0 Å². The second-order valence-corrected chi connectivity index (χ2v) is 11.3. The quantitative estimate of drug-likeness (QED) is 0.247. The van der Waals surface area contributed by atoms with Gasteiger partial charge in [0.05, 0.1) is 24.4 Å². The van der Waals surface area contributed by atoms with E-state index in [9.17, 15) is 24.3 Å². The van der Waals surface area contributed by atoms with Crippen LogP contribution >= 0.6 is 39.1 Å². The van der Waals surface area contributed by atoms with Crippen LogP contribution in [-0.2, 0) is 19.2 Å². The Bertz CT molecular complexity index is 1270. The number of rotatable bonds is 4. The Morgan fingerprint density at radius 3 is 2.56 bits per heavy atom. The Hall–Kier alpha value is -2.36. The molecule has 1 N–H and O–H groups in total. The molecule has 5 rings (SSSR count). The number of imide groups is 2. The van der Waals surface area contributed by atoms with Gasteiger partial charge in [0.25, 0.3) is 11.8 Å². The molecule has 11 heteroatoms. The lowest BCUT2D eigenvalue weighted by Crippen LogP contribution is -2.60. The van der Waals surface area contributed by atoms with Crippen LogP contribution in [0.3, 0.4) is 0 Å². The standard InChI is InChI=1S/C25H23BrCl2N2O6/c1-29-20(32)14-6-5-13-15(19(14)21(29)33)10-24(27)22(34)30(11-26)23(35)25(24,28)16(13)7-3-12-4-8-17(31)18(9-12)36-2/h3-5,7-9,14-16,19,31H,6,10-11H2,1-2H3/t14-,15+,16-,19-,24+,25-/m0/s1. The molecule has 0 aromatic heterocycles. The Kier molecular flexibility index (Phi) is 6.04. The van der Waals surface area contributed by atoms with Crippen LogP contribution in [0.1, 0.15) is 18.4 Å². The average molecular weight is 598 g/mol. The summed E-state index contributed by atoms with van der Waals surface area (Å²) in [6.07, 6.45) is 5.59. The highest BCUT2D eigenvalue weighted by atomic mass is 79.9. The third-order valence-electron chi connectivity index (χ3n) is 7.98. The SMILES string of the molecule is COc1cc(C=C[C@H]2C3=CC[C@@H]4C(=O)N(C)C(=O)[C@@H]4[C@@H]3C[C@@]3(Cl)C(=O)N(CBr)C(=O)[C@@]23Cl)ccc1O. The lowest BCUT2D eigenvalue weighted by atomic mass is 9.57. The van der Waals surface area contributed by atoms with Gasteiger partial charge in [0.15, 0.2) is 21.2 Å². The number of halogens is 3. The monoisotopic (exact) mass is 596 g/mol. The van der Waals surface area contributed by atoms with Crippen LogP contribution in [0.2, 0.25) is 0 Å². The molecule has 1 aromatic rings. The van der Waals surface area contributed by atoms with Crippen molar-refractivity contribution in [1.82, 2.24) is 9.80 Å². The summed E-state index contributed by atoms with van der Waals surface area (Å²) in [4.78, 5) is 51.3. The van der Waals surface area contributed by atoms with Gasteiger partial charge in [0, 0.05) is 13.0 Å². The molecule has 6 atom stereocenters.